The number of hydrogen-bond acceptors (Lipinski definition) is 4. The molecule has 7 nitrogen and oxygen atoms in total. The summed E-state index contributed by atoms with van der Waals surface area (Å²) in [7, 11) is 1.75. The molecule has 28 heavy (non-hydrogen) atoms. The largest absolute Gasteiger partial charge is 0.417 e. The van der Waals surface area contributed by atoms with Gasteiger partial charge in [-0.2, -0.15) is 23.4 Å². The highest BCUT2D eigenvalue weighted by Gasteiger charge is 2.37. The number of aromatic nitrogens is 5. The molecular formula is C18H19F3N6O. The van der Waals surface area contributed by atoms with Gasteiger partial charge in [0, 0.05) is 18.7 Å². The molecule has 1 fully saturated rings. The van der Waals surface area contributed by atoms with Gasteiger partial charge in [0.1, 0.15) is 6.54 Å². The number of nitrogens with one attached hydrogen (secondary N) is 1. The highest BCUT2D eigenvalue weighted by Crippen LogP contribution is 2.43. The molecule has 1 aliphatic rings. The first-order valence-corrected chi connectivity index (χ1v) is 8.89. The van der Waals surface area contributed by atoms with Gasteiger partial charge in [-0.1, -0.05) is 0 Å². The molecule has 0 bridgehead atoms. The van der Waals surface area contributed by atoms with Crippen LogP contribution in [0.5, 0.6) is 0 Å². The molecule has 1 saturated carbocycles. The summed E-state index contributed by atoms with van der Waals surface area (Å²) in [6.07, 6.45) is -1.35. The molecule has 0 unspecified atom stereocenters. The van der Waals surface area contributed by atoms with Crippen LogP contribution in [0.3, 0.4) is 0 Å². The fourth-order valence-corrected chi connectivity index (χ4v) is 3.24. The standard InChI is InChI=1S/C18H19F3N6O/c1-9-16-12(18(19,20)21)6-13(11-4-5-11)24-17(16)27(25-9)8-15(28)23-14-7-22-26(3)10(14)2/h6-7,11H,4-5,8H2,1-3H3,(H,23,28). The Morgan fingerprint density at radius 1 is 1.32 bits per heavy atom. The second-order valence-electron chi connectivity index (χ2n) is 7.12. The lowest BCUT2D eigenvalue weighted by Crippen LogP contribution is -2.20. The third kappa shape index (κ3) is 3.23. The number of alkyl halides is 3. The van der Waals surface area contributed by atoms with Crippen molar-refractivity contribution >= 4 is 22.6 Å². The molecule has 4 rings (SSSR count). The predicted octanol–water partition coefficient (Wildman–Crippen LogP) is 3.32. The van der Waals surface area contributed by atoms with E-state index in [1.165, 1.54) is 17.8 Å². The van der Waals surface area contributed by atoms with E-state index in [1.54, 1.807) is 18.7 Å². The zero-order chi connectivity index (χ0) is 20.2. The summed E-state index contributed by atoms with van der Waals surface area (Å²) >= 11 is 0. The Bertz CT molecular complexity index is 1080. The van der Waals surface area contributed by atoms with Gasteiger partial charge in [-0.15, -0.1) is 0 Å². The highest BCUT2D eigenvalue weighted by molar-refractivity contribution is 5.92. The zero-order valence-electron chi connectivity index (χ0n) is 15.6. The molecular weight excluding hydrogens is 373 g/mol. The summed E-state index contributed by atoms with van der Waals surface area (Å²) in [6, 6.07) is 1.12. The van der Waals surface area contributed by atoms with Gasteiger partial charge in [0.15, 0.2) is 5.65 Å². The van der Waals surface area contributed by atoms with Crippen LogP contribution in [0.25, 0.3) is 11.0 Å². The molecule has 1 amide bonds. The number of fused-ring (bicyclic) bond motifs is 1. The highest BCUT2D eigenvalue weighted by atomic mass is 19.4. The van der Waals surface area contributed by atoms with E-state index in [1.807, 2.05) is 0 Å². The molecule has 0 aliphatic heterocycles. The predicted molar refractivity (Wildman–Crippen MR) is 95.8 cm³/mol. The second kappa shape index (κ2) is 6.32. The topological polar surface area (TPSA) is 77.6 Å². The number of hydrogen-bond donors (Lipinski definition) is 1. The first-order valence-electron chi connectivity index (χ1n) is 8.89. The molecule has 148 valence electrons. The van der Waals surface area contributed by atoms with E-state index in [9.17, 15) is 18.0 Å². The van der Waals surface area contributed by atoms with Gasteiger partial charge in [0.2, 0.25) is 5.91 Å². The van der Waals surface area contributed by atoms with Crippen LogP contribution in [-0.2, 0) is 24.6 Å². The van der Waals surface area contributed by atoms with Crippen molar-refractivity contribution < 1.29 is 18.0 Å². The van der Waals surface area contributed by atoms with Crippen LogP contribution >= 0.6 is 0 Å². The van der Waals surface area contributed by atoms with E-state index in [0.29, 0.717) is 11.4 Å². The monoisotopic (exact) mass is 392 g/mol. The van der Waals surface area contributed by atoms with E-state index in [2.05, 4.69) is 20.5 Å². The van der Waals surface area contributed by atoms with Crippen molar-refractivity contribution in [1.29, 1.82) is 0 Å². The van der Waals surface area contributed by atoms with Crippen LogP contribution in [0.1, 0.15) is 41.4 Å². The summed E-state index contributed by atoms with van der Waals surface area (Å²) in [5.41, 5.74) is 1.26. The molecule has 1 aliphatic carbocycles. The summed E-state index contributed by atoms with van der Waals surface area (Å²) in [5.74, 6) is -0.367. The number of pyridine rings is 1. The van der Waals surface area contributed by atoms with Crippen molar-refractivity contribution in [3.05, 3.63) is 34.9 Å². The van der Waals surface area contributed by atoms with Gasteiger partial charge in [-0.25, -0.2) is 9.67 Å². The van der Waals surface area contributed by atoms with E-state index in [-0.39, 0.29) is 29.2 Å². The normalized spacial score (nSPS) is 14.6. The van der Waals surface area contributed by atoms with E-state index in [4.69, 9.17) is 0 Å². The van der Waals surface area contributed by atoms with Crippen molar-refractivity contribution in [2.45, 2.75) is 45.3 Å². The lowest BCUT2D eigenvalue weighted by atomic mass is 10.1. The lowest BCUT2D eigenvalue weighted by molar-refractivity contribution is -0.136. The number of carbonyl (C=O) groups excluding carboxylic acids is 1. The summed E-state index contributed by atoms with van der Waals surface area (Å²) in [5, 5.41) is 10.9. The van der Waals surface area contributed by atoms with Crippen LogP contribution < -0.4 is 5.32 Å². The number of amides is 1. The molecule has 0 aromatic carbocycles. The van der Waals surface area contributed by atoms with Crippen LogP contribution in [0, 0.1) is 13.8 Å². The maximum Gasteiger partial charge on any atom is 0.417 e. The molecule has 0 saturated heterocycles. The molecule has 10 heteroatoms. The van der Waals surface area contributed by atoms with Gasteiger partial charge in [0.25, 0.3) is 0 Å². The first-order chi connectivity index (χ1) is 13.1. The molecule has 1 N–H and O–H groups in total. The number of carbonyl (C=O) groups is 1. The van der Waals surface area contributed by atoms with Crippen LogP contribution in [0.2, 0.25) is 0 Å². The van der Waals surface area contributed by atoms with E-state index in [0.717, 1.165) is 24.6 Å². The van der Waals surface area contributed by atoms with E-state index >= 15 is 0 Å². The summed E-state index contributed by atoms with van der Waals surface area (Å²) in [6.45, 7) is 3.06. The summed E-state index contributed by atoms with van der Waals surface area (Å²) < 4.78 is 43.7. The minimum absolute atomic E-state index is 0.0426. The number of nitrogens with zero attached hydrogens (tertiary/aromatic N) is 5. The molecule has 3 heterocycles. The van der Waals surface area contributed by atoms with Gasteiger partial charge in [-0.05, 0) is 32.8 Å². The number of anilines is 1. The Morgan fingerprint density at radius 3 is 2.61 bits per heavy atom. The van der Waals surface area contributed by atoms with Crippen molar-refractivity contribution in [1.82, 2.24) is 24.5 Å². The third-order valence-corrected chi connectivity index (χ3v) is 5.00. The molecule has 0 spiro atoms. The Morgan fingerprint density at radius 2 is 2.04 bits per heavy atom. The van der Waals surface area contributed by atoms with Crippen LogP contribution in [0.15, 0.2) is 12.3 Å². The molecule has 3 aromatic heterocycles. The minimum atomic E-state index is -4.52. The fourth-order valence-electron chi connectivity index (χ4n) is 3.24. The van der Waals surface area contributed by atoms with Crippen molar-refractivity contribution in [3.8, 4) is 0 Å². The van der Waals surface area contributed by atoms with E-state index < -0.39 is 17.6 Å². The Balaban J connectivity index is 1.72. The minimum Gasteiger partial charge on any atom is -0.322 e. The fraction of sp³-hybridized carbons (Fsp3) is 0.444. The van der Waals surface area contributed by atoms with Gasteiger partial charge in [-0.3, -0.25) is 9.48 Å². The molecule has 0 atom stereocenters. The molecule has 0 radical (unpaired) electrons. The Labute approximate surface area is 158 Å². The molecule has 3 aromatic rings. The van der Waals surface area contributed by atoms with Crippen LogP contribution in [0.4, 0.5) is 18.9 Å². The Kier molecular flexibility index (Phi) is 4.16. The maximum atomic E-state index is 13.6. The first kappa shape index (κ1) is 18.5. The number of halogens is 3. The summed E-state index contributed by atoms with van der Waals surface area (Å²) in [4.78, 5) is 16.9. The smallest absolute Gasteiger partial charge is 0.322 e. The van der Waals surface area contributed by atoms with Gasteiger partial charge in [0.05, 0.1) is 34.2 Å². The second-order valence-corrected chi connectivity index (χ2v) is 7.12. The zero-order valence-corrected chi connectivity index (χ0v) is 15.6. The van der Waals surface area contributed by atoms with Crippen LogP contribution in [-0.4, -0.2) is 30.5 Å². The van der Waals surface area contributed by atoms with Crippen molar-refractivity contribution in [2.24, 2.45) is 7.05 Å². The van der Waals surface area contributed by atoms with Crippen molar-refractivity contribution in [2.75, 3.05) is 5.32 Å². The average molecular weight is 392 g/mol. The SMILES string of the molecule is Cc1nn(CC(=O)Nc2cnn(C)c2C)c2nc(C3CC3)cc(C(F)(F)F)c12. The lowest BCUT2D eigenvalue weighted by Gasteiger charge is -2.11. The maximum absolute atomic E-state index is 13.6. The van der Waals surface area contributed by atoms with Gasteiger partial charge < -0.3 is 5.32 Å². The van der Waals surface area contributed by atoms with Crippen molar-refractivity contribution in [3.63, 3.8) is 0 Å². The average Bonchev–Trinajstić information content (AvgIpc) is 3.36. The Hall–Kier alpha value is -2.91. The van der Waals surface area contributed by atoms with Gasteiger partial charge >= 0.3 is 6.18 Å². The number of rotatable bonds is 4. The third-order valence-electron chi connectivity index (χ3n) is 5.00. The quantitative estimate of drug-likeness (QED) is 0.739. The number of aryl methyl sites for hydroxylation is 2.